The highest BCUT2D eigenvalue weighted by Gasteiger charge is 2.55. The lowest BCUT2D eigenvalue weighted by atomic mass is 10.1. The second kappa shape index (κ2) is 11.5. The van der Waals surface area contributed by atoms with Crippen molar-refractivity contribution in [2.75, 3.05) is 51.2 Å². The first-order chi connectivity index (χ1) is 19.3. The molecule has 11 heteroatoms. The predicted molar refractivity (Wildman–Crippen MR) is 156 cm³/mol. The smallest absolute Gasteiger partial charge is 0.225 e. The van der Waals surface area contributed by atoms with Gasteiger partial charge in [0, 0.05) is 73.9 Å². The summed E-state index contributed by atoms with van der Waals surface area (Å²) in [5, 5.41) is 4.16. The number of carbonyl (C=O) groups excluding carboxylic acids is 1. The van der Waals surface area contributed by atoms with E-state index in [9.17, 15) is 4.79 Å². The van der Waals surface area contributed by atoms with Crippen LogP contribution in [0.2, 0.25) is 10.0 Å². The lowest BCUT2D eigenvalue weighted by Gasteiger charge is -2.21. The minimum absolute atomic E-state index is 0.0442. The van der Waals surface area contributed by atoms with Crippen LogP contribution in [0.25, 0.3) is 11.3 Å². The van der Waals surface area contributed by atoms with Gasteiger partial charge in [-0.1, -0.05) is 23.2 Å². The Balaban J connectivity index is 1.20. The summed E-state index contributed by atoms with van der Waals surface area (Å²) < 4.78 is 6.19. The number of hydrogen-bond donors (Lipinski definition) is 1. The standard InChI is InChI=1S/C29H33Cl2N7O2/c1-18(39)34-28-24-16-37(17-25(24)28)15-19-8-26(20-10-21(30)12-22(31)11-20)35-27(9-19)40-23-13-32-29(33-14-23)38-5-3-4-36(2)6-7-38/h8-14,24-25,28H,3-7,15-17H2,1-2H3,(H,34,39)/t24-,25+,28-. The zero-order valence-electron chi connectivity index (χ0n) is 22.7. The molecule has 4 heterocycles. The number of aromatic nitrogens is 3. The van der Waals surface area contributed by atoms with Crippen LogP contribution in [0.15, 0.2) is 42.7 Å². The summed E-state index contributed by atoms with van der Waals surface area (Å²) in [7, 11) is 2.14. The van der Waals surface area contributed by atoms with Crippen molar-refractivity contribution in [2.24, 2.45) is 11.8 Å². The van der Waals surface area contributed by atoms with Crippen molar-refractivity contribution in [1.29, 1.82) is 0 Å². The Morgan fingerprint density at radius 3 is 2.42 bits per heavy atom. The molecule has 0 unspecified atom stereocenters. The maximum atomic E-state index is 11.5. The molecular formula is C29H33Cl2N7O2. The van der Waals surface area contributed by atoms with Crippen molar-refractivity contribution in [3.8, 4) is 22.9 Å². The van der Waals surface area contributed by atoms with Gasteiger partial charge < -0.3 is 19.9 Å². The zero-order valence-corrected chi connectivity index (χ0v) is 24.2. The summed E-state index contributed by atoms with van der Waals surface area (Å²) in [5.41, 5.74) is 2.61. The molecule has 9 nitrogen and oxygen atoms in total. The number of amides is 1. The van der Waals surface area contributed by atoms with Gasteiger partial charge in [-0.15, -0.1) is 0 Å². The molecule has 0 spiro atoms. The number of ether oxygens (including phenoxy) is 1. The van der Waals surface area contributed by atoms with Crippen LogP contribution in [0.1, 0.15) is 18.9 Å². The highest BCUT2D eigenvalue weighted by Crippen LogP contribution is 2.46. The second-order valence-corrected chi connectivity index (χ2v) is 11.9. The number of fused-ring (bicyclic) bond motifs is 1. The summed E-state index contributed by atoms with van der Waals surface area (Å²) in [6.45, 7) is 8.13. The third-order valence-corrected chi connectivity index (χ3v) is 8.34. The van der Waals surface area contributed by atoms with Crippen LogP contribution in [0, 0.1) is 11.8 Å². The van der Waals surface area contributed by atoms with Gasteiger partial charge in [0.2, 0.25) is 17.7 Å². The van der Waals surface area contributed by atoms with E-state index in [4.69, 9.17) is 32.9 Å². The summed E-state index contributed by atoms with van der Waals surface area (Å²) in [4.78, 5) is 32.4. The molecule has 1 saturated carbocycles. The van der Waals surface area contributed by atoms with Crippen molar-refractivity contribution >= 4 is 35.1 Å². The minimum atomic E-state index is 0.0442. The van der Waals surface area contributed by atoms with Crippen LogP contribution >= 0.6 is 23.2 Å². The molecule has 2 aromatic heterocycles. The first-order valence-corrected chi connectivity index (χ1v) is 14.5. The molecule has 0 radical (unpaired) electrons. The van der Waals surface area contributed by atoms with E-state index < -0.39 is 0 Å². The third-order valence-electron chi connectivity index (χ3n) is 7.90. The molecule has 1 amide bonds. The fourth-order valence-corrected chi connectivity index (χ4v) is 6.42. The largest absolute Gasteiger partial charge is 0.436 e. The molecule has 3 atom stereocenters. The Morgan fingerprint density at radius 2 is 1.73 bits per heavy atom. The van der Waals surface area contributed by atoms with Crippen LogP contribution in [0.5, 0.6) is 11.6 Å². The van der Waals surface area contributed by atoms with Crippen molar-refractivity contribution in [2.45, 2.75) is 25.9 Å². The molecule has 1 aliphatic carbocycles. The number of nitrogens with one attached hydrogen (secondary N) is 1. The van der Waals surface area contributed by atoms with E-state index in [0.717, 1.165) is 69.1 Å². The quantitative estimate of drug-likeness (QED) is 0.441. The fourth-order valence-electron chi connectivity index (χ4n) is 5.89. The number of anilines is 1. The van der Waals surface area contributed by atoms with Crippen LogP contribution in [-0.4, -0.2) is 83.0 Å². The predicted octanol–water partition coefficient (Wildman–Crippen LogP) is 4.35. The molecule has 3 aromatic rings. The summed E-state index contributed by atoms with van der Waals surface area (Å²) in [6, 6.07) is 9.74. The minimum Gasteiger partial charge on any atom is -0.436 e. The first-order valence-electron chi connectivity index (χ1n) is 13.7. The summed E-state index contributed by atoms with van der Waals surface area (Å²) in [6.07, 6.45) is 4.49. The topological polar surface area (TPSA) is 86.7 Å². The van der Waals surface area contributed by atoms with E-state index in [1.54, 1.807) is 25.4 Å². The van der Waals surface area contributed by atoms with Gasteiger partial charge >= 0.3 is 0 Å². The molecule has 2 aliphatic heterocycles. The Kier molecular flexibility index (Phi) is 7.81. The Hall–Kier alpha value is -2.98. The normalized spacial score (nSPS) is 23.0. The van der Waals surface area contributed by atoms with Gasteiger partial charge in [-0.05, 0) is 61.7 Å². The number of hydrogen-bond acceptors (Lipinski definition) is 8. The molecule has 1 aromatic carbocycles. The van der Waals surface area contributed by atoms with E-state index in [1.165, 1.54) is 0 Å². The summed E-state index contributed by atoms with van der Waals surface area (Å²) >= 11 is 12.6. The number of likely N-dealkylation sites (N-methyl/N-ethyl adjacent to an activating group) is 1. The number of likely N-dealkylation sites (tertiary alicyclic amines) is 1. The maximum Gasteiger partial charge on any atom is 0.225 e. The van der Waals surface area contributed by atoms with Crippen molar-refractivity contribution < 1.29 is 9.53 Å². The van der Waals surface area contributed by atoms with Gasteiger partial charge in [0.05, 0.1) is 18.1 Å². The van der Waals surface area contributed by atoms with Gasteiger partial charge in [0.25, 0.3) is 0 Å². The number of carbonyl (C=O) groups is 1. The van der Waals surface area contributed by atoms with Gasteiger partial charge in [-0.2, -0.15) is 0 Å². The van der Waals surface area contributed by atoms with Crippen LogP contribution < -0.4 is 15.0 Å². The molecule has 210 valence electrons. The zero-order chi connectivity index (χ0) is 27.8. The van der Waals surface area contributed by atoms with Gasteiger partial charge in [0.1, 0.15) is 0 Å². The Labute approximate surface area is 244 Å². The van der Waals surface area contributed by atoms with Gasteiger partial charge in [0.15, 0.2) is 5.75 Å². The van der Waals surface area contributed by atoms with Gasteiger partial charge in [-0.3, -0.25) is 9.69 Å². The van der Waals surface area contributed by atoms with Crippen molar-refractivity contribution in [1.82, 2.24) is 30.1 Å². The van der Waals surface area contributed by atoms with E-state index in [1.807, 2.05) is 18.2 Å². The van der Waals surface area contributed by atoms with E-state index in [-0.39, 0.29) is 5.91 Å². The number of halogens is 2. The third kappa shape index (κ3) is 6.33. The average molecular weight is 583 g/mol. The van der Waals surface area contributed by atoms with E-state index in [0.29, 0.717) is 45.5 Å². The van der Waals surface area contributed by atoms with Crippen LogP contribution in [-0.2, 0) is 11.3 Å². The number of rotatable bonds is 7. The van der Waals surface area contributed by atoms with Crippen molar-refractivity contribution in [3.63, 3.8) is 0 Å². The second-order valence-electron chi connectivity index (χ2n) is 11.1. The number of benzene rings is 1. The molecular weight excluding hydrogens is 549 g/mol. The van der Waals surface area contributed by atoms with Crippen LogP contribution in [0.4, 0.5) is 5.95 Å². The highest BCUT2D eigenvalue weighted by atomic mass is 35.5. The summed E-state index contributed by atoms with van der Waals surface area (Å²) in [5.74, 6) is 2.78. The Morgan fingerprint density at radius 1 is 1.00 bits per heavy atom. The number of piperidine rings is 1. The molecule has 3 fully saturated rings. The van der Waals surface area contributed by atoms with Crippen LogP contribution in [0.3, 0.4) is 0 Å². The SMILES string of the molecule is CC(=O)N[C@@H]1[C@@H]2CN(Cc3cc(Oc4cnc(N5CCCN(C)CC5)nc4)nc(-c4cc(Cl)cc(Cl)c4)c3)C[C@@H]21. The highest BCUT2D eigenvalue weighted by molar-refractivity contribution is 6.35. The van der Waals surface area contributed by atoms with E-state index in [2.05, 4.69) is 43.1 Å². The molecule has 40 heavy (non-hydrogen) atoms. The average Bonchev–Trinajstić information content (AvgIpc) is 3.42. The first kappa shape index (κ1) is 27.2. The lowest BCUT2D eigenvalue weighted by molar-refractivity contribution is -0.119. The molecule has 1 N–H and O–H groups in total. The van der Waals surface area contributed by atoms with Crippen molar-refractivity contribution in [3.05, 3.63) is 58.3 Å². The lowest BCUT2D eigenvalue weighted by Crippen LogP contribution is -2.33. The maximum absolute atomic E-state index is 11.5. The monoisotopic (exact) mass is 581 g/mol. The molecule has 2 saturated heterocycles. The number of nitrogens with zero attached hydrogens (tertiary/aromatic N) is 6. The molecule has 6 rings (SSSR count). The fraction of sp³-hybridized carbons (Fsp3) is 0.448. The number of pyridine rings is 1. The van der Waals surface area contributed by atoms with Gasteiger partial charge in [-0.25, -0.2) is 15.0 Å². The molecule has 3 aliphatic rings. The molecule has 0 bridgehead atoms. The van der Waals surface area contributed by atoms with E-state index >= 15 is 0 Å². The Bertz CT molecular complexity index is 1360.